The molecule has 2 rings (SSSR count). The number of amides is 1. The molecule has 1 fully saturated rings. The fourth-order valence-corrected chi connectivity index (χ4v) is 2.41. The Balaban J connectivity index is 1.94. The molecule has 0 radical (unpaired) electrons. The fraction of sp³-hybridized carbons (Fsp3) is 0.500. The third-order valence-electron chi connectivity index (χ3n) is 2.92. The summed E-state index contributed by atoms with van der Waals surface area (Å²) in [6.45, 7) is 1.88. The van der Waals surface area contributed by atoms with Crippen LogP contribution in [0.3, 0.4) is 0 Å². The Bertz CT molecular complexity index is 480. The molecular formula is C12H16BrN3O2. The van der Waals surface area contributed by atoms with Crippen LogP contribution in [-0.4, -0.2) is 29.6 Å². The van der Waals surface area contributed by atoms with E-state index in [1.807, 2.05) is 0 Å². The number of rotatable bonds is 3. The van der Waals surface area contributed by atoms with Crippen LogP contribution in [0, 0.1) is 0 Å². The molecule has 1 aliphatic rings. The first-order chi connectivity index (χ1) is 8.65. The van der Waals surface area contributed by atoms with Crippen LogP contribution in [-0.2, 0) is 11.3 Å². The molecule has 1 aliphatic heterocycles. The van der Waals surface area contributed by atoms with Crippen LogP contribution >= 0.6 is 15.9 Å². The Kier molecular flexibility index (Phi) is 4.54. The smallest absolute Gasteiger partial charge is 0.251 e. The summed E-state index contributed by atoms with van der Waals surface area (Å²) in [6.07, 6.45) is 3.69. The number of carbonyl (C=O) groups is 1. The van der Waals surface area contributed by atoms with Gasteiger partial charge in [0.2, 0.25) is 5.91 Å². The van der Waals surface area contributed by atoms with E-state index in [9.17, 15) is 9.59 Å². The monoisotopic (exact) mass is 313 g/mol. The van der Waals surface area contributed by atoms with Crippen molar-refractivity contribution in [1.29, 1.82) is 0 Å². The van der Waals surface area contributed by atoms with Crippen LogP contribution in [0.15, 0.2) is 27.6 Å². The minimum Gasteiger partial charge on any atom is -0.351 e. The third kappa shape index (κ3) is 3.68. The summed E-state index contributed by atoms with van der Waals surface area (Å²) in [7, 11) is 0. The minimum atomic E-state index is -0.171. The molecule has 1 aromatic rings. The highest BCUT2D eigenvalue weighted by atomic mass is 79.9. The molecule has 0 aromatic carbocycles. The molecule has 6 heteroatoms. The molecule has 1 atom stereocenters. The lowest BCUT2D eigenvalue weighted by atomic mass is 10.1. The van der Waals surface area contributed by atoms with Crippen molar-refractivity contribution in [2.75, 3.05) is 13.1 Å². The Morgan fingerprint density at radius 1 is 1.56 bits per heavy atom. The van der Waals surface area contributed by atoms with Gasteiger partial charge in [-0.3, -0.25) is 9.59 Å². The van der Waals surface area contributed by atoms with Gasteiger partial charge in [-0.05, 0) is 41.4 Å². The lowest BCUT2D eigenvalue weighted by Gasteiger charge is -2.23. The molecule has 2 N–H and O–H groups in total. The van der Waals surface area contributed by atoms with Crippen molar-refractivity contribution in [3.05, 3.63) is 33.2 Å². The lowest BCUT2D eigenvalue weighted by Crippen LogP contribution is -2.47. The van der Waals surface area contributed by atoms with Crippen molar-refractivity contribution in [2.45, 2.75) is 25.4 Å². The van der Waals surface area contributed by atoms with Crippen molar-refractivity contribution in [3.8, 4) is 0 Å². The highest BCUT2D eigenvalue weighted by molar-refractivity contribution is 9.10. The molecule has 0 saturated carbocycles. The number of hydrogen-bond acceptors (Lipinski definition) is 3. The molecule has 5 nitrogen and oxygen atoms in total. The number of carbonyl (C=O) groups excluding carboxylic acids is 1. The van der Waals surface area contributed by atoms with Gasteiger partial charge in [0.25, 0.3) is 5.56 Å². The number of nitrogens with zero attached hydrogens (tertiary/aromatic N) is 1. The Hall–Kier alpha value is -1.14. The zero-order valence-electron chi connectivity index (χ0n) is 9.99. The van der Waals surface area contributed by atoms with Crippen LogP contribution < -0.4 is 16.2 Å². The number of piperidine rings is 1. The maximum atomic E-state index is 11.8. The summed E-state index contributed by atoms with van der Waals surface area (Å²) in [5, 5.41) is 6.17. The number of pyridine rings is 1. The minimum absolute atomic E-state index is 0.0643. The third-order valence-corrected chi connectivity index (χ3v) is 3.39. The molecule has 2 heterocycles. The van der Waals surface area contributed by atoms with E-state index in [0.717, 1.165) is 30.4 Å². The summed E-state index contributed by atoms with van der Waals surface area (Å²) in [4.78, 5) is 23.4. The largest absolute Gasteiger partial charge is 0.351 e. The predicted octanol–water partition coefficient (Wildman–Crippen LogP) is 0.479. The zero-order valence-corrected chi connectivity index (χ0v) is 11.6. The first-order valence-corrected chi connectivity index (χ1v) is 6.80. The molecule has 1 aromatic heterocycles. The van der Waals surface area contributed by atoms with E-state index < -0.39 is 0 Å². The van der Waals surface area contributed by atoms with Crippen LogP contribution in [0.25, 0.3) is 0 Å². The molecular weight excluding hydrogens is 298 g/mol. The van der Waals surface area contributed by atoms with Crippen molar-refractivity contribution < 1.29 is 4.79 Å². The van der Waals surface area contributed by atoms with Gasteiger partial charge in [-0.15, -0.1) is 0 Å². The van der Waals surface area contributed by atoms with E-state index in [1.54, 1.807) is 12.3 Å². The standard InChI is InChI=1S/C12H16BrN3O2/c13-9-3-4-12(18)16(7-9)8-11(17)15-10-2-1-5-14-6-10/h3-4,7,10,14H,1-2,5-6,8H2,(H,15,17). The van der Waals surface area contributed by atoms with Crippen molar-refractivity contribution in [3.63, 3.8) is 0 Å². The van der Waals surface area contributed by atoms with Gasteiger partial charge in [0.05, 0.1) is 0 Å². The van der Waals surface area contributed by atoms with Gasteiger partial charge in [-0.25, -0.2) is 0 Å². The topological polar surface area (TPSA) is 63.1 Å². The van der Waals surface area contributed by atoms with Crippen molar-refractivity contribution >= 4 is 21.8 Å². The molecule has 1 amide bonds. The normalized spacial score (nSPS) is 19.5. The van der Waals surface area contributed by atoms with Gasteiger partial charge in [0.1, 0.15) is 6.54 Å². The van der Waals surface area contributed by atoms with E-state index in [2.05, 4.69) is 26.6 Å². The lowest BCUT2D eigenvalue weighted by molar-refractivity contribution is -0.122. The maximum absolute atomic E-state index is 11.8. The second kappa shape index (κ2) is 6.15. The van der Waals surface area contributed by atoms with Crippen LogP contribution in [0.5, 0.6) is 0 Å². The predicted molar refractivity (Wildman–Crippen MR) is 72.4 cm³/mol. The Morgan fingerprint density at radius 3 is 3.11 bits per heavy atom. The number of halogens is 1. The van der Waals surface area contributed by atoms with E-state index >= 15 is 0 Å². The molecule has 98 valence electrons. The van der Waals surface area contributed by atoms with Gasteiger partial charge in [0.15, 0.2) is 0 Å². The molecule has 1 saturated heterocycles. The van der Waals surface area contributed by atoms with Crippen LogP contribution in [0.2, 0.25) is 0 Å². The highest BCUT2D eigenvalue weighted by Gasteiger charge is 2.15. The Labute approximate surface area is 114 Å². The Morgan fingerprint density at radius 2 is 2.39 bits per heavy atom. The van der Waals surface area contributed by atoms with E-state index in [-0.39, 0.29) is 24.1 Å². The summed E-state index contributed by atoms with van der Waals surface area (Å²) in [5.74, 6) is -0.121. The van der Waals surface area contributed by atoms with Gasteiger partial charge in [0, 0.05) is 29.3 Å². The van der Waals surface area contributed by atoms with Crippen molar-refractivity contribution in [2.24, 2.45) is 0 Å². The molecule has 0 aliphatic carbocycles. The summed E-state index contributed by atoms with van der Waals surface area (Å²) >= 11 is 3.28. The molecule has 18 heavy (non-hydrogen) atoms. The SMILES string of the molecule is O=C(Cn1cc(Br)ccc1=O)NC1CCCNC1. The van der Waals surface area contributed by atoms with Gasteiger partial charge in [-0.1, -0.05) is 0 Å². The van der Waals surface area contributed by atoms with Crippen LogP contribution in [0.4, 0.5) is 0 Å². The summed E-state index contributed by atoms with van der Waals surface area (Å²) < 4.78 is 2.18. The fourth-order valence-electron chi connectivity index (χ4n) is 2.03. The number of nitrogens with one attached hydrogen (secondary N) is 2. The summed E-state index contributed by atoms with van der Waals surface area (Å²) in [6, 6.07) is 3.29. The second-order valence-corrected chi connectivity index (χ2v) is 5.34. The van der Waals surface area contributed by atoms with E-state index in [1.165, 1.54) is 10.6 Å². The highest BCUT2D eigenvalue weighted by Crippen LogP contribution is 2.05. The average Bonchev–Trinajstić information content (AvgIpc) is 2.35. The van der Waals surface area contributed by atoms with Crippen molar-refractivity contribution in [1.82, 2.24) is 15.2 Å². The van der Waals surface area contributed by atoms with Crippen LogP contribution in [0.1, 0.15) is 12.8 Å². The average molecular weight is 314 g/mol. The second-order valence-electron chi connectivity index (χ2n) is 4.42. The number of hydrogen-bond donors (Lipinski definition) is 2. The first kappa shape index (κ1) is 13.3. The van der Waals surface area contributed by atoms with E-state index in [4.69, 9.17) is 0 Å². The van der Waals surface area contributed by atoms with Gasteiger partial charge in [-0.2, -0.15) is 0 Å². The molecule has 1 unspecified atom stereocenters. The van der Waals surface area contributed by atoms with Gasteiger partial charge >= 0.3 is 0 Å². The quantitative estimate of drug-likeness (QED) is 0.853. The maximum Gasteiger partial charge on any atom is 0.251 e. The van der Waals surface area contributed by atoms with E-state index in [0.29, 0.717) is 0 Å². The number of aromatic nitrogens is 1. The van der Waals surface area contributed by atoms with Gasteiger partial charge < -0.3 is 15.2 Å². The molecule has 0 bridgehead atoms. The first-order valence-electron chi connectivity index (χ1n) is 6.01. The zero-order chi connectivity index (χ0) is 13.0. The summed E-state index contributed by atoms with van der Waals surface area (Å²) in [5.41, 5.74) is -0.171. The molecule has 0 spiro atoms.